The summed E-state index contributed by atoms with van der Waals surface area (Å²) in [5, 5.41) is 9.79. The van der Waals surface area contributed by atoms with Crippen molar-refractivity contribution in [2.24, 2.45) is 0 Å². The van der Waals surface area contributed by atoms with Crippen LogP contribution in [0.1, 0.15) is 16.8 Å². The molecular formula is C14H18BrFN2O2. The number of hydrogen-bond donors (Lipinski definition) is 1. The Morgan fingerprint density at radius 1 is 1.55 bits per heavy atom. The molecule has 0 aromatic heterocycles. The van der Waals surface area contributed by atoms with E-state index >= 15 is 0 Å². The van der Waals surface area contributed by atoms with Crippen LogP contribution in [0.5, 0.6) is 0 Å². The van der Waals surface area contributed by atoms with Gasteiger partial charge in [0.1, 0.15) is 5.82 Å². The molecule has 1 aromatic rings. The summed E-state index contributed by atoms with van der Waals surface area (Å²) in [5.74, 6) is -0.922. The van der Waals surface area contributed by atoms with Crippen molar-refractivity contribution >= 4 is 21.8 Å². The molecule has 1 amide bonds. The lowest BCUT2D eigenvalue weighted by molar-refractivity contribution is 0.0694. The maximum atomic E-state index is 14.0. The molecule has 2 unspecified atom stereocenters. The monoisotopic (exact) mass is 344 g/mol. The average Bonchev–Trinajstić information content (AvgIpc) is 2.72. The number of halogens is 2. The van der Waals surface area contributed by atoms with Crippen LogP contribution in [0.15, 0.2) is 22.7 Å². The van der Waals surface area contributed by atoms with Crippen molar-refractivity contribution in [3.63, 3.8) is 0 Å². The van der Waals surface area contributed by atoms with E-state index in [4.69, 9.17) is 0 Å². The molecule has 1 aromatic carbocycles. The Hall–Kier alpha value is -0.980. The fraction of sp³-hybridized carbons (Fsp3) is 0.500. The molecule has 110 valence electrons. The number of benzene rings is 1. The summed E-state index contributed by atoms with van der Waals surface area (Å²) < 4.78 is 14.3. The molecule has 1 aliphatic rings. The first-order valence-corrected chi connectivity index (χ1v) is 7.27. The number of aliphatic hydroxyl groups is 1. The second-order valence-electron chi connectivity index (χ2n) is 5.36. The Labute approximate surface area is 126 Å². The Morgan fingerprint density at radius 3 is 2.90 bits per heavy atom. The maximum Gasteiger partial charge on any atom is 0.257 e. The number of likely N-dealkylation sites (tertiary alicyclic amines) is 1. The molecule has 2 atom stereocenters. The molecule has 0 spiro atoms. The van der Waals surface area contributed by atoms with Gasteiger partial charge in [0.05, 0.1) is 16.1 Å². The van der Waals surface area contributed by atoms with E-state index in [1.807, 2.05) is 19.0 Å². The molecule has 2 rings (SSSR count). The van der Waals surface area contributed by atoms with Gasteiger partial charge < -0.3 is 14.9 Å². The quantitative estimate of drug-likeness (QED) is 0.907. The van der Waals surface area contributed by atoms with Crippen LogP contribution < -0.4 is 0 Å². The van der Waals surface area contributed by atoms with Crippen LogP contribution in [0.3, 0.4) is 0 Å². The summed E-state index contributed by atoms with van der Waals surface area (Å²) in [6, 6.07) is 4.57. The van der Waals surface area contributed by atoms with Gasteiger partial charge in [0.2, 0.25) is 0 Å². The Morgan fingerprint density at radius 2 is 2.25 bits per heavy atom. The van der Waals surface area contributed by atoms with Crippen LogP contribution in [-0.2, 0) is 0 Å². The molecule has 0 saturated carbocycles. The number of carbonyl (C=O) groups excluding carboxylic acids is 1. The zero-order valence-corrected chi connectivity index (χ0v) is 13.1. The first-order chi connectivity index (χ1) is 9.40. The number of carbonyl (C=O) groups is 1. The van der Waals surface area contributed by atoms with E-state index in [0.29, 0.717) is 13.0 Å². The van der Waals surface area contributed by atoms with Crippen molar-refractivity contribution in [2.75, 3.05) is 27.2 Å². The van der Waals surface area contributed by atoms with Gasteiger partial charge in [0, 0.05) is 19.1 Å². The van der Waals surface area contributed by atoms with Gasteiger partial charge in [-0.3, -0.25) is 4.79 Å². The zero-order valence-electron chi connectivity index (χ0n) is 11.5. The summed E-state index contributed by atoms with van der Waals surface area (Å²) in [6.07, 6.45) is -0.0152. The molecule has 0 aliphatic carbocycles. The third-order valence-electron chi connectivity index (χ3n) is 3.41. The van der Waals surface area contributed by atoms with Gasteiger partial charge in [0.15, 0.2) is 0 Å². The van der Waals surface area contributed by atoms with Crippen molar-refractivity contribution in [3.8, 4) is 0 Å². The van der Waals surface area contributed by atoms with Crippen molar-refractivity contribution < 1.29 is 14.3 Å². The smallest absolute Gasteiger partial charge is 0.257 e. The fourth-order valence-electron chi connectivity index (χ4n) is 2.56. The number of amides is 1. The predicted molar refractivity (Wildman–Crippen MR) is 78.1 cm³/mol. The standard InChI is InChI=1S/C14H18BrFN2O2/c1-17(2)7-9-6-10(19)8-18(9)14(20)11-4-3-5-12(15)13(11)16/h3-5,9-10,19H,6-8H2,1-2H3. The normalized spacial score (nSPS) is 22.6. The highest BCUT2D eigenvalue weighted by molar-refractivity contribution is 9.10. The number of β-amino-alcohol motifs (C(OH)–C–C–N with tert-alkyl or cyclic N) is 1. The van der Waals surface area contributed by atoms with E-state index in [9.17, 15) is 14.3 Å². The van der Waals surface area contributed by atoms with Gasteiger partial charge in [-0.05, 0) is 48.6 Å². The molecule has 1 fully saturated rings. The van der Waals surface area contributed by atoms with E-state index in [1.165, 1.54) is 6.07 Å². The number of rotatable bonds is 3. The number of aliphatic hydroxyl groups excluding tert-OH is 1. The molecule has 0 bridgehead atoms. The molecule has 6 heteroatoms. The number of likely N-dealkylation sites (N-methyl/N-ethyl adjacent to an activating group) is 1. The Bertz CT molecular complexity index is 510. The minimum atomic E-state index is -0.553. The lowest BCUT2D eigenvalue weighted by Crippen LogP contribution is -2.41. The van der Waals surface area contributed by atoms with E-state index in [-0.39, 0.29) is 28.5 Å². The summed E-state index contributed by atoms with van der Waals surface area (Å²) >= 11 is 3.09. The number of nitrogens with zero attached hydrogens (tertiary/aromatic N) is 2. The molecular weight excluding hydrogens is 327 g/mol. The first-order valence-electron chi connectivity index (χ1n) is 6.48. The lowest BCUT2D eigenvalue weighted by Gasteiger charge is -2.27. The van der Waals surface area contributed by atoms with E-state index in [2.05, 4.69) is 15.9 Å². The van der Waals surface area contributed by atoms with Gasteiger partial charge in [-0.2, -0.15) is 0 Å². The summed E-state index contributed by atoms with van der Waals surface area (Å²) in [6.45, 7) is 0.904. The minimum absolute atomic E-state index is 0.0391. The van der Waals surface area contributed by atoms with E-state index in [1.54, 1.807) is 17.0 Å². The Balaban J connectivity index is 2.24. The molecule has 1 N–H and O–H groups in total. The van der Waals surface area contributed by atoms with Crippen molar-refractivity contribution in [1.82, 2.24) is 9.80 Å². The van der Waals surface area contributed by atoms with E-state index < -0.39 is 11.9 Å². The summed E-state index contributed by atoms with van der Waals surface area (Å²) in [7, 11) is 3.82. The molecule has 1 saturated heterocycles. The number of hydrogen-bond acceptors (Lipinski definition) is 3. The first kappa shape index (κ1) is 15.4. The Kier molecular flexibility index (Phi) is 4.78. The van der Waals surface area contributed by atoms with Crippen LogP contribution in [0.25, 0.3) is 0 Å². The van der Waals surface area contributed by atoms with Crippen molar-refractivity contribution in [2.45, 2.75) is 18.6 Å². The van der Waals surface area contributed by atoms with Crippen molar-refractivity contribution in [1.29, 1.82) is 0 Å². The second kappa shape index (κ2) is 6.20. The average molecular weight is 345 g/mol. The summed E-state index contributed by atoms with van der Waals surface area (Å²) in [5.41, 5.74) is 0.0391. The molecule has 1 aliphatic heterocycles. The highest BCUT2D eigenvalue weighted by Crippen LogP contribution is 2.25. The SMILES string of the molecule is CN(C)CC1CC(O)CN1C(=O)c1cccc(Br)c1F. The van der Waals surface area contributed by atoms with Crippen LogP contribution in [0.4, 0.5) is 4.39 Å². The highest BCUT2D eigenvalue weighted by atomic mass is 79.9. The lowest BCUT2D eigenvalue weighted by atomic mass is 10.1. The van der Waals surface area contributed by atoms with Gasteiger partial charge in [-0.1, -0.05) is 6.07 Å². The summed E-state index contributed by atoms with van der Waals surface area (Å²) in [4.78, 5) is 16.0. The largest absolute Gasteiger partial charge is 0.391 e. The third kappa shape index (κ3) is 3.19. The van der Waals surface area contributed by atoms with Gasteiger partial charge in [0.25, 0.3) is 5.91 Å². The third-order valence-corrected chi connectivity index (χ3v) is 4.02. The molecule has 4 nitrogen and oxygen atoms in total. The van der Waals surface area contributed by atoms with Gasteiger partial charge in [-0.25, -0.2) is 4.39 Å². The van der Waals surface area contributed by atoms with Gasteiger partial charge >= 0.3 is 0 Å². The van der Waals surface area contributed by atoms with Crippen LogP contribution >= 0.6 is 15.9 Å². The topological polar surface area (TPSA) is 43.8 Å². The van der Waals surface area contributed by atoms with Gasteiger partial charge in [-0.15, -0.1) is 0 Å². The highest BCUT2D eigenvalue weighted by Gasteiger charge is 2.35. The second-order valence-corrected chi connectivity index (χ2v) is 6.22. The van der Waals surface area contributed by atoms with Crippen LogP contribution in [0, 0.1) is 5.82 Å². The molecule has 0 radical (unpaired) electrons. The molecule has 20 heavy (non-hydrogen) atoms. The zero-order chi connectivity index (χ0) is 14.9. The van der Waals surface area contributed by atoms with E-state index in [0.717, 1.165) is 0 Å². The van der Waals surface area contributed by atoms with Crippen LogP contribution in [0.2, 0.25) is 0 Å². The molecule has 1 heterocycles. The maximum absolute atomic E-state index is 14.0. The fourth-order valence-corrected chi connectivity index (χ4v) is 2.93. The predicted octanol–water partition coefficient (Wildman–Crippen LogP) is 1.73. The minimum Gasteiger partial charge on any atom is -0.391 e. The van der Waals surface area contributed by atoms with Crippen molar-refractivity contribution in [3.05, 3.63) is 34.1 Å². The van der Waals surface area contributed by atoms with Crippen LogP contribution in [-0.4, -0.2) is 60.1 Å².